The standard InChI is InChI=1S/C26H25N5S/c1-17-9-8-10-20(15-17)31-25(24(29-26(31)32)22-11-4-6-13-27-22)21-16-18(2)30(19(21)3)23-12-5-7-14-28-23/h4-16,24-25H,1-3H3,(H,29,32)/t24-,25-/m0/s1. The molecule has 1 aliphatic rings. The van der Waals surface area contributed by atoms with Crippen LogP contribution < -0.4 is 10.2 Å². The molecule has 0 aliphatic carbocycles. The highest BCUT2D eigenvalue weighted by atomic mass is 32.1. The van der Waals surface area contributed by atoms with Crippen molar-refractivity contribution in [2.24, 2.45) is 0 Å². The smallest absolute Gasteiger partial charge is 0.174 e. The van der Waals surface area contributed by atoms with Crippen LogP contribution in [-0.2, 0) is 0 Å². The van der Waals surface area contributed by atoms with Gasteiger partial charge in [-0.25, -0.2) is 4.98 Å². The van der Waals surface area contributed by atoms with E-state index in [2.05, 4.69) is 81.9 Å². The van der Waals surface area contributed by atoms with E-state index in [0.717, 1.165) is 28.6 Å². The second-order valence-corrected chi connectivity index (χ2v) is 8.57. The van der Waals surface area contributed by atoms with Crippen molar-refractivity contribution in [3.05, 3.63) is 107 Å². The fourth-order valence-corrected chi connectivity index (χ4v) is 5.00. The molecule has 0 saturated carbocycles. The van der Waals surface area contributed by atoms with Crippen LogP contribution in [0.3, 0.4) is 0 Å². The van der Waals surface area contributed by atoms with E-state index in [1.54, 1.807) is 0 Å². The van der Waals surface area contributed by atoms with Gasteiger partial charge in [0.1, 0.15) is 5.82 Å². The molecule has 1 N–H and O–H groups in total. The first kappa shape index (κ1) is 20.4. The van der Waals surface area contributed by atoms with Gasteiger partial charge in [-0.3, -0.25) is 4.98 Å². The maximum absolute atomic E-state index is 5.86. The molecule has 3 aromatic heterocycles. The first-order valence-corrected chi connectivity index (χ1v) is 11.1. The number of benzene rings is 1. The molecule has 4 heterocycles. The lowest BCUT2D eigenvalue weighted by Crippen LogP contribution is -2.29. The number of nitrogens with zero attached hydrogens (tertiary/aromatic N) is 4. The van der Waals surface area contributed by atoms with Crippen LogP contribution in [0.15, 0.2) is 79.1 Å². The molecule has 1 aromatic carbocycles. The van der Waals surface area contributed by atoms with Crippen molar-refractivity contribution < 1.29 is 0 Å². The third kappa shape index (κ3) is 3.46. The number of nitrogens with one attached hydrogen (secondary N) is 1. The van der Waals surface area contributed by atoms with Gasteiger partial charge in [0.15, 0.2) is 5.11 Å². The fraction of sp³-hybridized carbons (Fsp3) is 0.192. The molecule has 0 unspecified atom stereocenters. The van der Waals surface area contributed by atoms with E-state index < -0.39 is 0 Å². The summed E-state index contributed by atoms with van der Waals surface area (Å²) in [5.74, 6) is 0.916. The number of rotatable bonds is 4. The molecule has 0 spiro atoms. The van der Waals surface area contributed by atoms with Crippen molar-refractivity contribution in [3.8, 4) is 5.82 Å². The maximum Gasteiger partial charge on any atom is 0.174 e. The zero-order valence-corrected chi connectivity index (χ0v) is 19.2. The average molecular weight is 440 g/mol. The third-order valence-electron chi connectivity index (χ3n) is 6.05. The van der Waals surface area contributed by atoms with E-state index in [9.17, 15) is 0 Å². The van der Waals surface area contributed by atoms with Gasteiger partial charge >= 0.3 is 0 Å². The quantitative estimate of drug-likeness (QED) is 0.433. The lowest BCUT2D eigenvalue weighted by atomic mass is 9.96. The molecule has 32 heavy (non-hydrogen) atoms. The predicted molar refractivity (Wildman–Crippen MR) is 132 cm³/mol. The predicted octanol–water partition coefficient (Wildman–Crippen LogP) is 5.37. The van der Waals surface area contributed by atoms with Gasteiger partial charge in [-0.2, -0.15) is 0 Å². The summed E-state index contributed by atoms with van der Waals surface area (Å²) in [5, 5.41) is 4.26. The van der Waals surface area contributed by atoms with Crippen LogP contribution in [0.4, 0.5) is 5.69 Å². The molecule has 0 amide bonds. The molecule has 4 aromatic rings. The number of aryl methyl sites for hydroxylation is 2. The first-order valence-electron chi connectivity index (χ1n) is 10.7. The Morgan fingerprint density at radius 3 is 2.34 bits per heavy atom. The average Bonchev–Trinajstić information content (AvgIpc) is 3.30. The molecule has 160 valence electrons. The largest absolute Gasteiger partial charge is 0.351 e. The van der Waals surface area contributed by atoms with Gasteiger partial charge < -0.3 is 14.8 Å². The van der Waals surface area contributed by atoms with Gasteiger partial charge in [-0.1, -0.05) is 24.3 Å². The van der Waals surface area contributed by atoms with Gasteiger partial charge in [0.25, 0.3) is 0 Å². The number of aromatic nitrogens is 3. The van der Waals surface area contributed by atoms with Crippen molar-refractivity contribution >= 4 is 23.0 Å². The van der Waals surface area contributed by atoms with Gasteiger partial charge in [-0.15, -0.1) is 0 Å². The molecule has 1 saturated heterocycles. The molecular weight excluding hydrogens is 414 g/mol. The number of pyridine rings is 2. The van der Waals surface area contributed by atoms with E-state index >= 15 is 0 Å². The summed E-state index contributed by atoms with van der Waals surface area (Å²) in [7, 11) is 0. The molecule has 6 heteroatoms. The molecule has 2 atom stereocenters. The molecule has 0 radical (unpaired) electrons. The summed E-state index contributed by atoms with van der Waals surface area (Å²) in [6.07, 6.45) is 3.67. The topological polar surface area (TPSA) is 46.0 Å². The normalized spacial score (nSPS) is 18.1. The highest BCUT2D eigenvalue weighted by Gasteiger charge is 2.42. The Bertz CT molecular complexity index is 1270. The molecule has 1 aliphatic heterocycles. The lowest BCUT2D eigenvalue weighted by Gasteiger charge is -2.28. The fourth-order valence-electron chi connectivity index (χ4n) is 4.65. The minimum atomic E-state index is -0.0677. The maximum atomic E-state index is 5.86. The summed E-state index contributed by atoms with van der Waals surface area (Å²) in [6, 6.07) is 22.6. The second kappa shape index (κ2) is 8.20. The number of hydrogen-bond donors (Lipinski definition) is 1. The SMILES string of the molecule is Cc1cccc(N2C(=S)N[C@@H](c3ccccn3)[C@@H]2c2cc(C)n(-c3ccccn3)c2C)c1. The Morgan fingerprint density at radius 1 is 0.875 bits per heavy atom. The zero-order chi connectivity index (χ0) is 22.2. The number of anilines is 1. The monoisotopic (exact) mass is 439 g/mol. The highest BCUT2D eigenvalue weighted by molar-refractivity contribution is 7.80. The summed E-state index contributed by atoms with van der Waals surface area (Å²) in [4.78, 5) is 11.5. The second-order valence-electron chi connectivity index (χ2n) is 8.19. The van der Waals surface area contributed by atoms with Gasteiger partial charge in [0.05, 0.1) is 17.8 Å². The van der Waals surface area contributed by atoms with Gasteiger partial charge in [-0.05, 0) is 86.6 Å². The Labute approximate surface area is 193 Å². The van der Waals surface area contributed by atoms with Crippen molar-refractivity contribution in [1.29, 1.82) is 0 Å². The Kier molecular flexibility index (Phi) is 5.23. The Balaban J connectivity index is 1.69. The van der Waals surface area contributed by atoms with Crippen LogP contribution in [0.25, 0.3) is 5.82 Å². The van der Waals surface area contributed by atoms with Crippen molar-refractivity contribution in [3.63, 3.8) is 0 Å². The summed E-state index contributed by atoms with van der Waals surface area (Å²) in [6.45, 7) is 6.38. The van der Waals surface area contributed by atoms with E-state index in [1.165, 1.54) is 11.1 Å². The summed E-state index contributed by atoms with van der Waals surface area (Å²) >= 11 is 5.86. The van der Waals surface area contributed by atoms with Gasteiger partial charge in [0, 0.05) is 29.5 Å². The van der Waals surface area contributed by atoms with E-state index in [1.807, 2.05) is 42.7 Å². The van der Waals surface area contributed by atoms with E-state index in [4.69, 9.17) is 12.2 Å². The molecule has 5 rings (SSSR count). The highest BCUT2D eigenvalue weighted by Crippen LogP contribution is 2.43. The van der Waals surface area contributed by atoms with Crippen LogP contribution in [0, 0.1) is 20.8 Å². The van der Waals surface area contributed by atoms with Gasteiger partial charge in [0.2, 0.25) is 0 Å². The number of hydrogen-bond acceptors (Lipinski definition) is 3. The van der Waals surface area contributed by atoms with Crippen molar-refractivity contribution in [1.82, 2.24) is 19.9 Å². The zero-order valence-electron chi connectivity index (χ0n) is 18.4. The lowest BCUT2D eigenvalue weighted by molar-refractivity contribution is 0.565. The van der Waals surface area contributed by atoms with Crippen molar-refractivity contribution in [2.45, 2.75) is 32.9 Å². The summed E-state index contributed by atoms with van der Waals surface area (Å²) < 4.78 is 2.21. The first-order chi connectivity index (χ1) is 15.5. The van der Waals surface area contributed by atoms with Crippen LogP contribution in [-0.4, -0.2) is 19.6 Å². The summed E-state index contributed by atoms with van der Waals surface area (Å²) in [5.41, 5.74) is 6.74. The van der Waals surface area contributed by atoms with Crippen LogP contribution >= 0.6 is 12.2 Å². The van der Waals surface area contributed by atoms with Crippen LogP contribution in [0.1, 0.15) is 40.3 Å². The Hall–Kier alpha value is -3.51. The third-order valence-corrected chi connectivity index (χ3v) is 6.36. The van der Waals surface area contributed by atoms with Crippen molar-refractivity contribution in [2.75, 3.05) is 4.90 Å². The van der Waals surface area contributed by atoms with Crippen LogP contribution in [0.2, 0.25) is 0 Å². The Morgan fingerprint density at radius 2 is 1.66 bits per heavy atom. The minimum Gasteiger partial charge on any atom is -0.351 e. The molecular formula is C26H25N5S. The number of thiocarbonyl (C=S) groups is 1. The van der Waals surface area contributed by atoms with E-state index in [-0.39, 0.29) is 12.1 Å². The minimum absolute atomic E-state index is 0.0390. The van der Waals surface area contributed by atoms with E-state index in [0.29, 0.717) is 5.11 Å². The van der Waals surface area contributed by atoms with Crippen LogP contribution in [0.5, 0.6) is 0 Å². The molecule has 0 bridgehead atoms. The molecule has 1 fully saturated rings. The molecule has 5 nitrogen and oxygen atoms in total.